The second-order valence-corrected chi connectivity index (χ2v) is 1.88. The van der Waals surface area contributed by atoms with Crippen molar-refractivity contribution in [3.8, 4) is 0 Å². The van der Waals surface area contributed by atoms with Crippen LogP contribution in [-0.4, -0.2) is 5.33 Å². The van der Waals surface area contributed by atoms with Crippen LogP contribution in [0.1, 0.15) is 6.42 Å². The van der Waals surface area contributed by atoms with Crippen LogP contribution in [0, 0.1) is 0 Å². The summed E-state index contributed by atoms with van der Waals surface area (Å²) >= 11 is 8.42. The summed E-state index contributed by atoms with van der Waals surface area (Å²) in [7, 11) is 0. The highest BCUT2D eigenvalue weighted by Crippen LogP contribution is 1.89. The average molecular weight is 169 g/mol. The van der Waals surface area contributed by atoms with E-state index in [1.165, 1.54) is 5.54 Å². The molecule has 6 heavy (non-hydrogen) atoms. The molecule has 0 unspecified atom stereocenters. The lowest BCUT2D eigenvalue weighted by atomic mass is 10.5. The Morgan fingerprint density at radius 1 is 1.67 bits per heavy atom. The van der Waals surface area contributed by atoms with Crippen molar-refractivity contribution in [3.63, 3.8) is 0 Å². The van der Waals surface area contributed by atoms with Gasteiger partial charge in [0.15, 0.2) is 0 Å². The zero-order valence-corrected chi connectivity index (χ0v) is 5.67. The molecule has 0 aromatic rings. The first-order chi connectivity index (χ1) is 2.91. The van der Waals surface area contributed by atoms with Crippen molar-refractivity contribution >= 4 is 27.5 Å². The predicted molar refractivity (Wildman–Crippen MR) is 33.4 cm³/mol. The summed E-state index contributed by atoms with van der Waals surface area (Å²) < 4.78 is 0. The summed E-state index contributed by atoms with van der Waals surface area (Å²) in [5.41, 5.74) is 1.53. The van der Waals surface area contributed by atoms with Crippen LogP contribution in [-0.2, 0) is 0 Å². The maximum Gasteiger partial charge on any atom is 0.00663 e. The van der Waals surface area contributed by atoms with E-state index in [1.807, 2.05) is 6.08 Å². The first-order valence-corrected chi connectivity index (χ1v) is 3.28. The van der Waals surface area contributed by atoms with Gasteiger partial charge in [-0.25, -0.2) is 0 Å². The lowest BCUT2D eigenvalue weighted by Gasteiger charge is -1.73. The number of alkyl halides is 1. The average Bonchev–Trinajstić information content (AvgIpc) is 1.61. The summed E-state index contributed by atoms with van der Waals surface area (Å²) in [4.78, 5) is 0. The van der Waals surface area contributed by atoms with Crippen molar-refractivity contribution in [1.82, 2.24) is 0 Å². The lowest BCUT2D eigenvalue weighted by Crippen LogP contribution is -1.60. The van der Waals surface area contributed by atoms with Crippen molar-refractivity contribution in [2.45, 2.75) is 6.42 Å². The number of allylic oxidation sites excluding steroid dienone is 1. The standard InChI is InChI=1S/C4H6BrCl/c5-3-1-2-4-6/h2,4H,1,3H2. The molecule has 0 radical (unpaired) electrons. The van der Waals surface area contributed by atoms with Gasteiger partial charge in [0.1, 0.15) is 0 Å². The molecule has 0 aliphatic heterocycles. The first kappa shape index (κ1) is 6.51. The lowest BCUT2D eigenvalue weighted by molar-refractivity contribution is 1.27. The van der Waals surface area contributed by atoms with Gasteiger partial charge in [-0.3, -0.25) is 0 Å². The third kappa shape index (κ3) is 4.51. The van der Waals surface area contributed by atoms with Crippen molar-refractivity contribution in [1.29, 1.82) is 0 Å². The van der Waals surface area contributed by atoms with Gasteiger partial charge in [0.05, 0.1) is 0 Å². The summed E-state index contributed by atoms with van der Waals surface area (Å²) in [6.07, 6.45) is 2.92. The molecule has 0 spiro atoms. The Bertz CT molecular complexity index is 42.8. The van der Waals surface area contributed by atoms with Crippen LogP contribution in [0.2, 0.25) is 0 Å². The van der Waals surface area contributed by atoms with Crippen LogP contribution in [0.5, 0.6) is 0 Å². The van der Waals surface area contributed by atoms with Crippen LogP contribution >= 0.6 is 27.5 Å². The van der Waals surface area contributed by atoms with E-state index in [0.29, 0.717) is 0 Å². The van der Waals surface area contributed by atoms with E-state index in [-0.39, 0.29) is 0 Å². The molecule has 0 bridgehead atoms. The van der Waals surface area contributed by atoms with Crippen LogP contribution < -0.4 is 0 Å². The fraction of sp³-hybridized carbons (Fsp3) is 0.500. The quantitative estimate of drug-likeness (QED) is 0.557. The number of hydrogen-bond acceptors (Lipinski definition) is 0. The highest BCUT2D eigenvalue weighted by atomic mass is 79.9. The van der Waals surface area contributed by atoms with E-state index in [0.717, 1.165) is 11.8 Å². The van der Waals surface area contributed by atoms with Gasteiger partial charge in [0, 0.05) is 10.9 Å². The Hall–Kier alpha value is 0.510. The third-order valence-corrected chi connectivity index (χ3v) is 1.00. The molecular formula is C4H6BrCl. The molecule has 0 amide bonds. The second-order valence-electron chi connectivity index (χ2n) is 0.839. The summed E-state index contributed by atoms with van der Waals surface area (Å²) in [6, 6.07) is 0. The van der Waals surface area contributed by atoms with Gasteiger partial charge in [-0.15, -0.1) is 0 Å². The predicted octanol–water partition coefficient (Wildman–Crippen LogP) is 2.52. The molecule has 0 saturated carbocycles. The molecule has 0 saturated heterocycles. The SMILES string of the molecule is ClC=CCCBr. The van der Waals surface area contributed by atoms with Crippen molar-refractivity contribution in [3.05, 3.63) is 11.6 Å². The first-order valence-electron chi connectivity index (χ1n) is 1.73. The molecule has 0 aliphatic carbocycles. The van der Waals surface area contributed by atoms with Gasteiger partial charge in [-0.2, -0.15) is 0 Å². The summed E-state index contributed by atoms with van der Waals surface area (Å²) in [6.45, 7) is 0. The fourth-order valence-corrected chi connectivity index (χ4v) is 0.516. The molecule has 0 aromatic heterocycles. The highest BCUT2D eigenvalue weighted by Gasteiger charge is 1.67. The molecule has 0 heterocycles. The van der Waals surface area contributed by atoms with E-state index < -0.39 is 0 Å². The zero-order valence-electron chi connectivity index (χ0n) is 3.32. The van der Waals surface area contributed by atoms with E-state index >= 15 is 0 Å². The van der Waals surface area contributed by atoms with Crippen molar-refractivity contribution in [2.75, 3.05) is 5.33 Å². The molecule has 0 N–H and O–H groups in total. The van der Waals surface area contributed by atoms with Gasteiger partial charge in [0.25, 0.3) is 0 Å². The van der Waals surface area contributed by atoms with Crippen LogP contribution in [0.4, 0.5) is 0 Å². The number of rotatable bonds is 2. The molecule has 0 aliphatic rings. The number of halogens is 2. The Kier molecular flexibility index (Phi) is 5.98. The Morgan fingerprint density at radius 2 is 2.33 bits per heavy atom. The minimum atomic E-state index is 0.996. The molecule has 36 valence electrons. The van der Waals surface area contributed by atoms with Crippen LogP contribution in [0.15, 0.2) is 11.6 Å². The van der Waals surface area contributed by atoms with E-state index in [2.05, 4.69) is 15.9 Å². The Labute approximate surface area is 51.3 Å². The molecule has 0 nitrogen and oxygen atoms in total. The van der Waals surface area contributed by atoms with E-state index in [4.69, 9.17) is 11.6 Å². The minimum Gasteiger partial charge on any atom is -0.0933 e. The van der Waals surface area contributed by atoms with Gasteiger partial charge >= 0.3 is 0 Å². The topological polar surface area (TPSA) is 0 Å². The van der Waals surface area contributed by atoms with Gasteiger partial charge in [0.2, 0.25) is 0 Å². The monoisotopic (exact) mass is 168 g/mol. The minimum absolute atomic E-state index is 0.996. The molecule has 2 heteroatoms. The molecule has 0 fully saturated rings. The molecular weight excluding hydrogens is 163 g/mol. The van der Waals surface area contributed by atoms with Crippen LogP contribution in [0.3, 0.4) is 0 Å². The second kappa shape index (κ2) is 5.51. The molecule has 0 rings (SSSR count). The van der Waals surface area contributed by atoms with Gasteiger partial charge < -0.3 is 0 Å². The Morgan fingerprint density at radius 3 is 2.50 bits per heavy atom. The largest absolute Gasteiger partial charge is 0.0933 e. The van der Waals surface area contributed by atoms with Gasteiger partial charge in [-0.1, -0.05) is 33.6 Å². The smallest absolute Gasteiger partial charge is 0.00663 e. The maximum absolute atomic E-state index is 5.18. The summed E-state index contributed by atoms with van der Waals surface area (Å²) in [5.74, 6) is 0. The van der Waals surface area contributed by atoms with E-state index in [9.17, 15) is 0 Å². The fourth-order valence-electron chi connectivity index (χ4n) is 0.126. The van der Waals surface area contributed by atoms with Crippen LogP contribution in [0.25, 0.3) is 0 Å². The van der Waals surface area contributed by atoms with Crippen molar-refractivity contribution in [2.24, 2.45) is 0 Å². The molecule has 0 atom stereocenters. The number of hydrogen-bond donors (Lipinski definition) is 0. The van der Waals surface area contributed by atoms with Crippen molar-refractivity contribution < 1.29 is 0 Å². The zero-order chi connectivity index (χ0) is 4.83. The Balaban J connectivity index is 2.66. The van der Waals surface area contributed by atoms with Gasteiger partial charge in [-0.05, 0) is 6.42 Å². The third-order valence-electron chi connectivity index (χ3n) is 0.365. The molecule has 0 aromatic carbocycles. The maximum atomic E-state index is 5.18. The summed E-state index contributed by atoms with van der Waals surface area (Å²) in [5, 5.41) is 0.996. The normalized spacial score (nSPS) is 10.3. The highest BCUT2D eigenvalue weighted by molar-refractivity contribution is 9.09. The van der Waals surface area contributed by atoms with E-state index in [1.54, 1.807) is 0 Å².